The van der Waals surface area contributed by atoms with Gasteiger partial charge in [0.15, 0.2) is 0 Å². The van der Waals surface area contributed by atoms with Gasteiger partial charge in [0.2, 0.25) is 0 Å². The third kappa shape index (κ3) is 2.07. The molecule has 0 N–H and O–H groups in total. The number of hydrogen-bond donors (Lipinski definition) is 0. The van der Waals surface area contributed by atoms with Crippen LogP contribution in [0.25, 0.3) is 0 Å². The van der Waals surface area contributed by atoms with E-state index in [-0.39, 0.29) is 17.9 Å². The Labute approximate surface area is 111 Å². The van der Waals surface area contributed by atoms with Gasteiger partial charge in [-0.1, -0.05) is 5.16 Å². The van der Waals surface area contributed by atoms with Gasteiger partial charge in [0.1, 0.15) is 17.1 Å². The molecule has 1 aliphatic carbocycles. The van der Waals surface area contributed by atoms with Crippen molar-refractivity contribution in [2.45, 2.75) is 45.1 Å². The van der Waals surface area contributed by atoms with E-state index in [2.05, 4.69) is 5.16 Å². The van der Waals surface area contributed by atoms with Crippen LogP contribution in [0.4, 0.5) is 0 Å². The maximum Gasteiger partial charge on any atom is 0.259 e. The Kier molecular flexibility index (Phi) is 3.12. The van der Waals surface area contributed by atoms with Gasteiger partial charge in [-0.2, -0.15) is 0 Å². The van der Waals surface area contributed by atoms with Crippen molar-refractivity contribution < 1.29 is 14.1 Å². The highest BCUT2D eigenvalue weighted by molar-refractivity contribution is 5.95. The van der Waals surface area contributed by atoms with Crippen molar-refractivity contribution in [1.29, 1.82) is 0 Å². The molecule has 102 valence electrons. The molecule has 19 heavy (non-hydrogen) atoms. The minimum Gasteiger partial charge on any atom is -0.361 e. The van der Waals surface area contributed by atoms with Crippen LogP contribution in [0.3, 0.4) is 0 Å². The van der Waals surface area contributed by atoms with Crippen LogP contribution in [0.15, 0.2) is 10.7 Å². The minimum atomic E-state index is -0.0408. The van der Waals surface area contributed by atoms with Gasteiger partial charge >= 0.3 is 0 Å². The average Bonchev–Trinajstić information content (AvgIpc) is 3.07. The van der Waals surface area contributed by atoms with Gasteiger partial charge in [0.25, 0.3) is 5.91 Å². The Balaban J connectivity index is 1.81. The van der Waals surface area contributed by atoms with Gasteiger partial charge in [-0.15, -0.1) is 0 Å². The van der Waals surface area contributed by atoms with Gasteiger partial charge in [-0.25, -0.2) is 0 Å². The molecule has 1 amide bonds. The second kappa shape index (κ2) is 4.79. The maximum absolute atomic E-state index is 12.5. The van der Waals surface area contributed by atoms with E-state index >= 15 is 0 Å². The van der Waals surface area contributed by atoms with Crippen molar-refractivity contribution in [1.82, 2.24) is 10.1 Å². The van der Waals surface area contributed by atoms with Gasteiger partial charge in [0, 0.05) is 24.9 Å². The zero-order chi connectivity index (χ0) is 13.4. The summed E-state index contributed by atoms with van der Waals surface area (Å²) in [4.78, 5) is 26.3. The smallest absolute Gasteiger partial charge is 0.259 e. The summed E-state index contributed by atoms with van der Waals surface area (Å²) in [6.07, 6.45) is 5.96. The molecule has 1 aromatic rings. The Morgan fingerprint density at radius 3 is 2.89 bits per heavy atom. The summed E-state index contributed by atoms with van der Waals surface area (Å²) in [6.45, 7) is 2.48. The highest BCUT2D eigenvalue weighted by Crippen LogP contribution is 2.34. The number of nitrogens with zero attached hydrogens (tertiary/aromatic N) is 2. The molecule has 1 saturated heterocycles. The van der Waals surface area contributed by atoms with E-state index in [1.54, 1.807) is 6.92 Å². The molecule has 5 nitrogen and oxygen atoms in total. The lowest BCUT2D eigenvalue weighted by Crippen LogP contribution is -2.41. The number of likely N-dealkylation sites (tertiary alicyclic amines) is 1. The van der Waals surface area contributed by atoms with Gasteiger partial charge in [-0.05, 0) is 32.6 Å². The Morgan fingerprint density at radius 1 is 1.42 bits per heavy atom. The Hall–Kier alpha value is -1.65. The first-order chi connectivity index (χ1) is 9.18. The normalized spacial score (nSPS) is 27.2. The van der Waals surface area contributed by atoms with Crippen LogP contribution in [0, 0.1) is 12.8 Å². The van der Waals surface area contributed by atoms with Gasteiger partial charge in [0.05, 0.1) is 6.20 Å². The molecular weight excluding hydrogens is 244 g/mol. The molecule has 2 atom stereocenters. The van der Waals surface area contributed by atoms with Crippen LogP contribution in [0.2, 0.25) is 0 Å². The molecule has 5 heteroatoms. The van der Waals surface area contributed by atoms with E-state index in [1.165, 1.54) is 6.20 Å². The molecular formula is C14H18N2O3. The molecule has 0 radical (unpaired) electrons. The fourth-order valence-electron chi connectivity index (χ4n) is 3.37. The molecule has 2 aliphatic rings. The molecule has 2 heterocycles. The lowest BCUT2D eigenvalue weighted by Gasteiger charge is -2.28. The van der Waals surface area contributed by atoms with E-state index in [0.717, 1.165) is 32.2 Å². The molecule has 1 saturated carbocycles. The zero-order valence-electron chi connectivity index (χ0n) is 11.1. The number of carbonyl (C=O) groups is 2. The summed E-state index contributed by atoms with van der Waals surface area (Å²) in [7, 11) is 0. The quantitative estimate of drug-likeness (QED) is 0.817. The molecule has 0 spiro atoms. The van der Waals surface area contributed by atoms with Crippen molar-refractivity contribution in [2.24, 2.45) is 5.92 Å². The largest absolute Gasteiger partial charge is 0.361 e. The summed E-state index contributed by atoms with van der Waals surface area (Å²) >= 11 is 0. The van der Waals surface area contributed by atoms with E-state index in [9.17, 15) is 9.59 Å². The van der Waals surface area contributed by atoms with Crippen molar-refractivity contribution in [3.05, 3.63) is 17.5 Å². The molecule has 2 unspecified atom stereocenters. The summed E-state index contributed by atoms with van der Waals surface area (Å²) in [5, 5.41) is 3.66. The van der Waals surface area contributed by atoms with Crippen molar-refractivity contribution in [3.63, 3.8) is 0 Å². The van der Waals surface area contributed by atoms with Crippen molar-refractivity contribution in [3.8, 4) is 0 Å². The number of aromatic nitrogens is 1. The third-order valence-electron chi connectivity index (χ3n) is 4.36. The molecule has 1 aliphatic heterocycles. The highest BCUT2D eigenvalue weighted by Gasteiger charge is 2.40. The van der Waals surface area contributed by atoms with Crippen LogP contribution in [0.1, 0.15) is 48.2 Å². The van der Waals surface area contributed by atoms with Crippen LogP contribution >= 0.6 is 0 Å². The first kappa shape index (κ1) is 12.4. The highest BCUT2D eigenvalue weighted by atomic mass is 16.5. The monoisotopic (exact) mass is 262 g/mol. The first-order valence-corrected chi connectivity index (χ1v) is 6.93. The molecule has 0 bridgehead atoms. The summed E-state index contributed by atoms with van der Waals surface area (Å²) in [5.74, 6) is 0.882. The van der Waals surface area contributed by atoms with Crippen LogP contribution in [0.5, 0.6) is 0 Å². The molecule has 0 aromatic carbocycles. The number of carbonyl (C=O) groups excluding carboxylic acids is 2. The van der Waals surface area contributed by atoms with Gasteiger partial charge < -0.3 is 9.42 Å². The van der Waals surface area contributed by atoms with E-state index in [4.69, 9.17) is 4.52 Å². The first-order valence-electron chi connectivity index (χ1n) is 6.93. The molecule has 2 fully saturated rings. The van der Waals surface area contributed by atoms with Crippen molar-refractivity contribution in [2.75, 3.05) is 6.54 Å². The fourth-order valence-corrected chi connectivity index (χ4v) is 3.37. The van der Waals surface area contributed by atoms with Crippen LogP contribution in [-0.4, -0.2) is 34.3 Å². The van der Waals surface area contributed by atoms with E-state index in [1.807, 2.05) is 4.90 Å². The summed E-state index contributed by atoms with van der Waals surface area (Å²) < 4.78 is 4.96. The predicted molar refractivity (Wildman–Crippen MR) is 67.6 cm³/mol. The van der Waals surface area contributed by atoms with Crippen LogP contribution in [-0.2, 0) is 4.79 Å². The SMILES string of the molecule is Cc1oncc1C(=O)N1CCCC1C1CCCC1=O. The molecule has 3 rings (SSSR count). The predicted octanol–water partition coefficient (Wildman–Crippen LogP) is 1.96. The standard InChI is InChI=1S/C14H18N2O3/c1-9-11(8-15-19-9)14(18)16-7-3-5-12(16)10-4-2-6-13(10)17/h8,10,12H,2-7H2,1H3. The average molecular weight is 262 g/mol. The summed E-state index contributed by atoms with van der Waals surface area (Å²) in [5.41, 5.74) is 0.525. The lowest BCUT2D eigenvalue weighted by atomic mass is 9.95. The fraction of sp³-hybridized carbons (Fsp3) is 0.643. The third-order valence-corrected chi connectivity index (χ3v) is 4.36. The number of amides is 1. The Bertz CT molecular complexity index is 509. The summed E-state index contributed by atoms with van der Waals surface area (Å²) in [6, 6.07) is 0.0804. The van der Waals surface area contributed by atoms with E-state index in [0.29, 0.717) is 23.5 Å². The zero-order valence-corrected chi connectivity index (χ0v) is 11.1. The number of rotatable bonds is 2. The van der Waals surface area contributed by atoms with Gasteiger partial charge in [-0.3, -0.25) is 9.59 Å². The maximum atomic E-state index is 12.5. The Morgan fingerprint density at radius 2 is 2.26 bits per heavy atom. The molecule has 1 aromatic heterocycles. The van der Waals surface area contributed by atoms with Crippen molar-refractivity contribution >= 4 is 11.7 Å². The second-order valence-corrected chi connectivity index (χ2v) is 5.47. The lowest BCUT2D eigenvalue weighted by molar-refractivity contribution is -0.121. The number of aryl methyl sites for hydroxylation is 1. The van der Waals surface area contributed by atoms with E-state index < -0.39 is 0 Å². The number of ketones is 1. The minimum absolute atomic E-state index is 0.0408. The second-order valence-electron chi connectivity index (χ2n) is 5.47. The topological polar surface area (TPSA) is 63.4 Å². The van der Waals surface area contributed by atoms with Crippen LogP contribution < -0.4 is 0 Å². The number of hydrogen-bond acceptors (Lipinski definition) is 4. The number of Topliss-reactive ketones (excluding diaryl/α,β-unsaturated/α-hetero) is 1.